The molecule has 128 valence electrons. The molecule has 23 heavy (non-hydrogen) atoms. The molecule has 3 aromatic rings. The minimum Gasteiger partial charge on any atom is -1.00 e. The largest absolute Gasteiger partial charge is 3.00 e. The number of aromatic nitrogens is 5. The molecule has 5 nitrogen and oxygen atoms in total. The van der Waals surface area contributed by atoms with Crippen molar-refractivity contribution < 1.29 is 73.3 Å². The maximum atomic E-state index is 4.54. The molecule has 0 bridgehead atoms. The Morgan fingerprint density at radius 2 is 1.74 bits per heavy atom. The molecule has 9 heteroatoms. The Morgan fingerprint density at radius 3 is 2.43 bits per heavy atom. The summed E-state index contributed by atoms with van der Waals surface area (Å²) in [6.45, 7) is 2.17. The molecule has 0 radical (unpaired) electrons. The number of benzene rings is 1. The van der Waals surface area contributed by atoms with Crippen LogP contribution in [-0.4, -0.2) is 25.0 Å². The number of hydrogen-bond donors (Lipinski definition) is 0. The number of hydrogen-bond acceptors (Lipinski definition) is 4. The van der Waals surface area contributed by atoms with E-state index in [0.717, 1.165) is 36.0 Å². The van der Waals surface area contributed by atoms with Crippen molar-refractivity contribution in [2.24, 2.45) is 0 Å². The number of aryl methyl sites for hydroxylation is 1. The van der Waals surface area contributed by atoms with Gasteiger partial charge in [-0.05, 0) is 25.0 Å². The Labute approximate surface area is 182 Å². The Hall–Kier alpha value is -0.120. The van der Waals surface area contributed by atoms with Crippen molar-refractivity contribution in [1.82, 2.24) is 25.0 Å². The molecule has 0 fully saturated rings. The molecule has 0 saturated heterocycles. The zero-order valence-electron chi connectivity index (χ0n) is 12.3. The van der Waals surface area contributed by atoms with Gasteiger partial charge in [0.05, 0.1) is 29.1 Å². The number of unbranched alkanes of at least 4 members (excludes halogenated alkanes) is 1. The van der Waals surface area contributed by atoms with Gasteiger partial charge in [-0.15, -0.1) is 5.10 Å². The summed E-state index contributed by atoms with van der Waals surface area (Å²) >= 11 is 0. The van der Waals surface area contributed by atoms with Crippen LogP contribution in [-0.2, 0) is 28.8 Å². The second kappa shape index (κ2) is 12.3. The Kier molecular flexibility index (Phi) is 13.4. The van der Waals surface area contributed by atoms with Crippen molar-refractivity contribution in [1.29, 1.82) is 0 Å². The molecule has 0 atom stereocenters. The Bertz CT molecular complexity index is 707. The summed E-state index contributed by atoms with van der Waals surface area (Å²) in [6.07, 6.45) is 6.89. The first kappa shape index (κ1) is 25.1. The molecule has 0 aliphatic heterocycles. The molecule has 0 aliphatic rings. The molecule has 1 aromatic carbocycles. The van der Waals surface area contributed by atoms with Gasteiger partial charge < -0.3 is 50.9 Å². The smallest absolute Gasteiger partial charge is 1.00 e. The van der Waals surface area contributed by atoms with Gasteiger partial charge in [0.25, 0.3) is 0 Å². The van der Waals surface area contributed by atoms with Crippen LogP contribution < -0.4 is 50.9 Å². The zero-order chi connectivity index (χ0) is 13.1. The molecule has 0 saturated carbocycles. The molecule has 0 N–H and O–H groups in total. The summed E-state index contributed by atoms with van der Waals surface area (Å²) in [5, 5.41) is 8.27. The summed E-state index contributed by atoms with van der Waals surface area (Å²) in [5.74, 6) is 0.703. The summed E-state index contributed by atoms with van der Waals surface area (Å²) < 4.78 is 1.68. The predicted molar refractivity (Wildman–Crippen MR) is 73.1 cm³/mol. The molecule has 0 unspecified atom stereocenters. The van der Waals surface area contributed by atoms with Crippen molar-refractivity contribution in [3.63, 3.8) is 0 Å². The average Bonchev–Trinajstić information content (AvgIpc) is 2.93. The summed E-state index contributed by atoms with van der Waals surface area (Å²) in [7, 11) is 0. The Balaban J connectivity index is 0. The van der Waals surface area contributed by atoms with Gasteiger partial charge in [0.15, 0.2) is 5.82 Å². The van der Waals surface area contributed by atoms with Crippen LogP contribution >= 0.6 is 0 Å². The first-order valence-electron chi connectivity index (χ1n) is 6.50. The molecule has 3 rings (SSSR count). The van der Waals surface area contributed by atoms with Crippen LogP contribution in [0.3, 0.4) is 0 Å². The molecular formula is C14H15AuBr3N5. The molecule has 2 aromatic heterocycles. The van der Waals surface area contributed by atoms with Crippen LogP contribution in [0.1, 0.15) is 25.5 Å². The SMILES string of the molecule is CCCCc1cn(-c2cnc3ccccc3n2)nn1.[Au+3].[Br-].[Br-].[Br-]. The fourth-order valence-corrected chi connectivity index (χ4v) is 1.94. The third kappa shape index (κ3) is 6.36. The molecule has 2 heterocycles. The van der Waals surface area contributed by atoms with Crippen molar-refractivity contribution in [3.8, 4) is 5.82 Å². The number of para-hydroxylation sites is 2. The summed E-state index contributed by atoms with van der Waals surface area (Å²) in [5.41, 5.74) is 2.75. The van der Waals surface area contributed by atoms with Crippen LogP contribution in [0.4, 0.5) is 0 Å². The van der Waals surface area contributed by atoms with E-state index in [9.17, 15) is 0 Å². The van der Waals surface area contributed by atoms with Gasteiger partial charge >= 0.3 is 22.4 Å². The van der Waals surface area contributed by atoms with Crippen LogP contribution in [0.2, 0.25) is 0 Å². The van der Waals surface area contributed by atoms with Crippen molar-refractivity contribution in [3.05, 3.63) is 42.4 Å². The standard InChI is InChI=1S/C14H15N5.Au.3BrH/c1-2-3-6-11-10-19(18-17-11)14-9-15-12-7-4-5-8-13(12)16-14;;;;/h4-5,7-10H,2-3,6H2,1H3;;3*1H/q;+3;;;/p-3. The zero-order valence-corrected chi connectivity index (χ0v) is 19.2. The van der Waals surface area contributed by atoms with Gasteiger partial charge in [-0.3, -0.25) is 4.98 Å². The summed E-state index contributed by atoms with van der Waals surface area (Å²) in [4.78, 5) is 8.91. The number of halogens is 3. The molecule has 0 amide bonds. The van der Waals surface area contributed by atoms with E-state index in [-0.39, 0.29) is 73.3 Å². The van der Waals surface area contributed by atoms with E-state index in [2.05, 4.69) is 27.2 Å². The van der Waals surface area contributed by atoms with Gasteiger partial charge in [0.2, 0.25) is 0 Å². The van der Waals surface area contributed by atoms with Crippen LogP contribution in [0.15, 0.2) is 36.7 Å². The third-order valence-electron chi connectivity index (χ3n) is 3.00. The van der Waals surface area contributed by atoms with Gasteiger partial charge in [0, 0.05) is 0 Å². The predicted octanol–water partition coefficient (Wildman–Crippen LogP) is -6.44. The van der Waals surface area contributed by atoms with Crippen molar-refractivity contribution >= 4 is 11.0 Å². The van der Waals surface area contributed by atoms with E-state index in [0.29, 0.717) is 5.82 Å². The first-order chi connectivity index (χ1) is 9.36. The van der Waals surface area contributed by atoms with Crippen LogP contribution in [0, 0.1) is 0 Å². The van der Waals surface area contributed by atoms with Gasteiger partial charge in [0.1, 0.15) is 0 Å². The minimum atomic E-state index is 0. The van der Waals surface area contributed by atoms with Crippen LogP contribution in [0.25, 0.3) is 16.9 Å². The van der Waals surface area contributed by atoms with E-state index in [4.69, 9.17) is 0 Å². The van der Waals surface area contributed by atoms with Crippen molar-refractivity contribution in [2.75, 3.05) is 0 Å². The second-order valence-electron chi connectivity index (χ2n) is 4.47. The fourth-order valence-electron chi connectivity index (χ4n) is 1.94. The number of fused-ring (bicyclic) bond motifs is 1. The molecule has 0 spiro atoms. The maximum Gasteiger partial charge on any atom is 3.00 e. The topological polar surface area (TPSA) is 56.5 Å². The van der Waals surface area contributed by atoms with Gasteiger partial charge in [-0.25, -0.2) is 9.67 Å². The first-order valence-corrected chi connectivity index (χ1v) is 6.50. The van der Waals surface area contributed by atoms with Crippen LogP contribution in [0.5, 0.6) is 0 Å². The maximum absolute atomic E-state index is 4.54. The molecular weight excluding hydrogens is 675 g/mol. The van der Waals surface area contributed by atoms with E-state index in [1.807, 2.05) is 30.5 Å². The summed E-state index contributed by atoms with van der Waals surface area (Å²) in [6, 6.07) is 7.80. The normalized spacial score (nSPS) is 9.09. The van der Waals surface area contributed by atoms with Gasteiger partial charge in [-0.2, -0.15) is 0 Å². The number of rotatable bonds is 4. The Morgan fingerprint density at radius 1 is 1.04 bits per heavy atom. The quantitative estimate of drug-likeness (QED) is 0.256. The van der Waals surface area contributed by atoms with E-state index < -0.39 is 0 Å². The van der Waals surface area contributed by atoms with Crippen molar-refractivity contribution in [2.45, 2.75) is 26.2 Å². The minimum absolute atomic E-state index is 0. The van der Waals surface area contributed by atoms with E-state index in [1.165, 1.54) is 0 Å². The average molecular weight is 690 g/mol. The monoisotopic (exact) mass is 687 g/mol. The van der Waals surface area contributed by atoms with E-state index >= 15 is 0 Å². The van der Waals surface area contributed by atoms with Gasteiger partial charge in [-0.1, -0.05) is 30.7 Å². The van der Waals surface area contributed by atoms with E-state index in [1.54, 1.807) is 10.9 Å². The second-order valence-corrected chi connectivity index (χ2v) is 4.47. The molecule has 0 aliphatic carbocycles. The fraction of sp³-hybridized carbons (Fsp3) is 0.286. The number of nitrogens with zero attached hydrogens (tertiary/aromatic N) is 5. The third-order valence-corrected chi connectivity index (χ3v) is 3.00.